The number of hydrogen-bond acceptors (Lipinski definition) is 6. The summed E-state index contributed by atoms with van der Waals surface area (Å²) in [5, 5.41) is 3.04. The molecule has 0 aliphatic carbocycles. The van der Waals surface area contributed by atoms with Crippen LogP contribution in [0, 0.1) is 0 Å². The van der Waals surface area contributed by atoms with E-state index in [1.54, 1.807) is 0 Å². The summed E-state index contributed by atoms with van der Waals surface area (Å²) >= 11 is 0. The van der Waals surface area contributed by atoms with Gasteiger partial charge in [-0.2, -0.15) is 0 Å². The second kappa shape index (κ2) is 51.2. The van der Waals surface area contributed by atoms with Crippen molar-refractivity contribution in [2.45, 2.75) is 277 Å². The van der Waals surface area contributed by atoms with E-state index in [4.69, 9.17) is 13.8 Å². The Morgan fingerprint density at radius 3 is 1.38 bits per heavy atom. The maximum atomic E-state index is 13.5. The molecule has 0 aliphatic rings. The molecule has 9 nitrogen and oxygen atoms in total. The van der Waals surface area contributed by atoms with Gasteiger partial charge in [-0.3, -0.25) is 18.6 Å². The molecule has 3 atom stereocenters. The Bertz CT molecular complexity index is 1400. The normalized spacial score (nSPS) is 14.2. The summed E-state index contributed by atoms with van der Waals surface area (Å²) in [4.78, 5) is 37.6. The summed E-state index contributed by atoms with van der Waals surface area (Å²) in [6.45, 7) is 6.95. The van der Waals surface area contributed by atoms with Crippen LogP contribution in [0.25, 0.3) is 0 Å². The molecule has 0 aliphatic heterocycles. The van der Waals surface area contributed by atoms with Crippen LogP contribution in [-0.2, 0) is 27.9 Å². The molecule has 0 saturated carbocycles. The van der Waals surface area contributed by atoms with Crippen molar-refractivity contribution in [3.8, 4) is 0 Å². The number of ether oxygens (including phenoxy) is 1. The van der Waals surface area contributed by atoms with Gasteiger partial charge in [0.2, 0.25) is 5.91 Å². The Hall–Kier alpha value is -2.29. The van der Waals surface area contributed by atoms with Crippen LogP contribution >= 0.6 is 7.82 Å². The lowest BCUT2D eigenvalue weighted by Gasteiger charge is -2.27. The van der Waals surface area contributed by atoms with E-state index < -0.39 is 20.0 Å². The molecule has 0 spiro atoms. The molecular weight excluding hydrogens is 904 g/mol. The first kappa shape index (κ1) is 68.7. The van der Waals surface area contributed by atoms with Gasteiger partial charge in [-0.05, 0) is 89.5 Å². The maximum absolute atomic E-state index is 13.5. The fraction of sp³-hybridized carbons (Fsp3) is 0.803. The monoisotopic (exact) mass is 1020 g/mol. The average molecular weight is 1020 g/mol. The smallest absolute Gasteiger partial charge is 0.456 e. The van der Waals surface area contributed by atoms with Crippen molar-refractivity contribution in [3.05, 3.63) is 60.8 Å². The number of likely N-dealkylation sites (N-methyl/N-ethyl adjacent to an activating group) is 1. The first-order valence-electron chi connectivity index (χ1n) is 29.6. The molecule has 0 bridgehead atoms. The largest absolute Gasteiger partial charge is 0.472 e. The molecule has 0 aromatic heterocycles. The van der Waals surface area contributed by atoms with E-state index in [0.29, 0.717) is 17.4 Å². The Balaban J connectivity index is 5.38. The van der Waals surface area contributed by atoms with Gasteiger partial charge in [0, 0.05) is 12.8 Å². The second-order valence-electron chi connectivity index (χ2n) is 21.2. The van der Waals surface area contributed by atoms with Gasteiger partial charge in [-0.15, -0.1) is 0 Å². The highest BCUT2D eigenvalue weighted by atomic mass is 31.2. The molecular formula is C61H114N2O7P+. The number of nitrogens with zero attached hydrogens (tertiary/aromatic N) is 1. The number of unbranched alkanes of at least 4 members (excludes halogenated alkanes) is 30. The van der Waals surface area contributed by atoms with E-state index in [0.717, 1.165) is 96.3 Å². The number of phosphoric ester groups is 1. The summed E-state index contributed by atoms with van der Waals surface area (Å²) in [6.07, 6.45) is 63.4. The molecule has 0 fully saturated rings. The summed E-state index contributed by atoms with van der Waals surface area (Å²) < 4.78 is 30.6. The number of carbonyl (C=O) groups excluding carboxylic acids is 2. The number of esters is 1. The molecule has 10 heteroatoms. The quantitative estimate of drug-likeness (QED) is 0.0156. The summed E-state index contributed by atoms with van der Waals surface area (Å²) in [5.41, 5.74) is 0. The van der Waals surface area contributed by atoms with E-state index in [9.17, 15) is 19.0 Å². The summed E-state index contributed by atoms with van der Waals surface area (Å²) in [5.74, 6) is -0.525. The molecule has 0 aromatic carbocycles. The number of amides is 1. The van der Waals surface area contributed by atoms with Crippen molar-refractivity contribution in [3.63, 3.8) is 0 Å². The summed E-state index contributed by atoms with van der Waals surface area (Å²) in [7, 11) is 1.48. The summed E-state index contributed by atoms with van der Waals surface area (Å²) in [6, 6.07) is -0.858. The highest BCUT2D eigenvalue weighted by molar-refractivity contribution is 7.47. The average Bonchev–Trinajstić information content (AvgIpc) is 3.33. The zero-order valence-corrected chi connectivity index (χ0v) is 48.1. The van der Waals surface area contributed by atoms with Gasteiger partial charge >= 0.3 is 13.8 Å². The molecule has 0 rings (SSSR count). The van der Waals surface area contributed by atoms with Gasteiger partial charge in [0.25, 0.3) is 0 Å². The highest BCUT2D eigenvalue weighted by Crippen LogP contribution is 2.43. The number of phosphoric acid groups is 1. The van der Waals surface area contributed by atoms with E-state index in [1.165, 1.54) is 135 Å². The Kier molecular flexibility index (Phi) is 49.6. The minimum absolute atomic E-state index is 0.0352. The third-order valence-electron chi connectivity index (χ3n) is 13.0. The lowest BCUT2D eigenvalue weighted by atomic mass is 10.0. The van der Waals surface area contributed by atoms with Crippen molar-refractivity contribution in [1.29, 1.82) is 0 Å². The van der Waals surface area contributed by atoms with Gasteiger partial charge in [0.1, 0.15) is 19.3 Å². The van der Waals surface area contributed by atoms with Crippen molar-refractivity contribution in [2.75, 3.05) is 40.9 Å². The molecule has 71 heavy (non-hydrogen) atoms. The number of rotatable bonds is 53. The molecule has 0 saturated heterocycles. The van der Waals surface area contributed by atoms with Crippen LogP contribution in [-0.4, -0.2) is 74.3 Å². The fourth-order valence-electron chi connectivity index (χ4n) is 8.31. The molecule has 0 heterocycles. The van der Waals surface area contributed by atoms with Crippen molar-refractivity contribution < 1.29 is 37.3 Å². The minimum Gasteiger partial charge on any atom is -0.456 e. The minimum atomic E-state index is -4.45. The second-order valence-corrected chi connectivity index (χ2v) is 22.6. The van der Waals surface area contributed by atoms with E-state index in [-0.39, 0.29) is 31.5 Å². The molecule has 2 N–H and O–H groups in total. The topological polar surface area (TPSA) is 111 Å². The predicted molar refractivity (Wildman–Crippen MR) is 305 cm³/mol. The number of hydrogen-bond donors (Lipinski definition) is 2. The molecule has 0 radical (unpaired) electrons. The zero-order valence-electron chi connectivity index (χ0n) is 47.2. The number of carbonyl (C=O) groups is 2. The number of quaternary nitrogens is 1. The van der Waals surface area contributed by atoms with Crippen LogP contribution in [0.15, 0.2) is 60.8 Å². The van der Waals surface area contributed by atoms with Crippen LogP contribution in [0.4, 0.5) is 0 Å². The third kappa shape index (κ3) is 52.4. The Morgan fingerprint density at radius 2 is 0.901 bits per heavy atom. The van der Waals surface area contributed by atoms with Gasteiger partial charge in [0.05, 0.1) is 33.8 Å². The van der Waals surface area contributed by atoms with Crippen LogP contribution in [0.5, 0.6) is 0 Å². The Labute approximate surface area is 439 Å². The molecule has 414 valence electrons. The SMILES string of the molecule is CCCCC/C=C\C/C=C\CCCCCCCCCC(=O)OC(/C=C/CCCCCCCCCCCCC)C(COP(=O)(O)OCC[N+](C)(C)C)NC(=O)CCCCCCCC/C=C/C=C/CCCCC. The zero-order chi connectivity index (χ0) is 52.2. The number of nitrogens with one attached hydrogen (secondary N) is 1. The maximum Gasteiger partial charge on any atom is 0.472 e. The van der Waals surface area contributed by atoms with Crippen LogP contribution in [0.2, 0.25) is 0 Å². The lowest BCUT2D eigenvalue weighted by molar-refractivity contribution is -0.870. The van der Waals surface area contributed by atoms with Crippen molar-refractivity contribution >= 4 is 19.7 Å². The van der Waals surface area contributed by atoms with E-state index in [1.807, 2.05) is 33.3 Å². The molecule has 0 aromatic rings. The van der Waals surface area contributed by atoms with Gasteiger partial charge in [0.15, 0.2) is 0 Å². The van der Waals surface area contributed by atoms with Crippen LogP contribution < -0.4 is 5.32 Å². The van der Waals surface area contributed by atoms with Gasteiger partial charge in [-0.25, -0.2) is 4.57 Å². The predicted octanol–water partition coefficient (Wildman–Crippen LogP) is 17.9. The lowest BCUT2D eigenvalue weighted by Crippen LogP contribution is -2.47. The van der Waals surface area contributed by atoms with E-state index >= 15 is 0 Å². The third-order valence-corrected chi connectivity index (χ3v) is 13.9. The standard InChI is InChI=1S/C61H113N2O7P/c1-7-10-13-16-19-22-25-28-30-31-33-36-39-42-45-48-51-54-61(65)70-59(52-49-46-43-40-37-34-27-24-21-18-15-12-9-3)58(57-69-71(66,67)68-56-55-63(4,5)6)62-60(64)53-50-47-44-41-38-35-32-29-26-23-20-17-14-11-8-2/h19-20,22-23,26,28-30,49,52,58-59H,7-18,21,24-25,27,31-48,50-51,53-57H2,1-6H3,(H-,62,64,66,67)/p+1/b22-19-,23-20+,29-26+,30-28-,52-49+. The molecule has 1 amide bonds. The van der Waals surface area contributed by atoms with E-state index in [2.05, 4.69) is 74.7 Å². The van der Waals surface area contributed by atoms with Crippen molar-refractivity contribution in [1.82, 2.24) is 5.32 Å². The first-order valence-corrected chi connectivity index (χ1v) is 31.1. The highest BCUT2D eigenvalue weighted by Gasteiger charge is 2.30. The van der Waals surface area contributed by atoms with Crippen molar-refractivity contribution in [2.24, 2.45) is 0 Å². The first-order chi connectivity index (χ1) is 34.4. The van der Waals surface area contributed by atoms with Gasteiger partial charge in [-0.1, -0.05) is 223 Å². The van der Waals surface area contributed by atoms with Gasteiger partial charge < -0.3 is 19.4 Å². The number of allylic oxidation sites excluding steroid dienone is 9. The fourth-order valence-corrected chi connectivity index (χ4v) is 9.05. The Morgan fingerprint density at radius 1 is 0.507 bits per heavy atom. The molecule has 3 unspecified atom stereocenters. The van der Waals surface area contributed by atoms with Crippen LogP contribution in [0.3, 0.4) is 0 Å². The van der Waals surface area contributed by atoms with Crippen LogP contribution in [0.1, 0.15) is 265 Å².